The fraction of sp³-hybridized carbons (Fsp3) is 0.160. The number of para-hydroxylation sites is 3. The second kappa shape index (κ2) is 8.55. The van der Waals surface area contributed by atoms with Crippen molar-refractivity contribution in [2.75, 3.05) is 31.1 Å². The summed E-state index contributed by atoms with van der Waals surface area (Å²) in [7, 11) is 0. The topological polar surface area (TPSA) is 74.5 Å². The highest BCUT2D eigenvalue weighted by Crippen LogP contribution is 2.27. The van der Waals surface area contributed by atoms with Crippen LogP contribution < -0.4 is 4.90 Å². The van der Waals surface area contributed by atoms with Crippen LogP contribution in [0.25, 0.3) is 17.1 Å². The van der Waals surface area contributed by atoms with Crippen molar-refractivity contribution in [2.24, 2.45) is 0 Å². The van der Waals surface area contributed by atoms with Crippen LogP contribution in [-0.2, 0) is 0 Å². The Morgan fingerprint density at radius 2 is 1.41 bits per heavy atom. The van der Waals surface area contributed by atoms with E-state index in [9.17, 15) is 9.90 Å². The van der Waals surface area contributed by atoms with Gasteiger partial charge in [-0.2, -0.15) is 0 Å². The molecule has 7 heteroatoms. The van der Waals surface area contributed by atoms with E-state index in [0.717, 1.165) is 16.9 Å². The minimum absolute atomic E-state index is 0.184. The lowest BCUT2D eigenvalue weighted by Gasteiger charge is -2.35. The quantitative estimate of drug-likeness (QED) is 0.541. The van der Waals surface area contributed by atoms with E-state index in [-0.39, 0.29) is 17.5 Å². The number of benzene rings is 3. The van der Waals surface area contributed by atoms with Gasteiger partial charge in [-0.3, -0.25) is 4.79 Å². The maximum atomic E-state index is 13.3. The number of nitrogens with zero attached hydrogens (tertiary/aromatic N) is 5. The van der Waals surface area contributed by atoms with Gasteiger partial charge in [0.25, 0.3) is 5.91 Å². The van der Waals surface area contributed by atoms with Crippen LogP contribution in [0, 0.1) is 0 Å². The van der Waals surface area contributed by atoms with Crippen LogP contribution in [0.15, 0.2) is 84.9 Å². The summed E-state index contributed by atoms with van der Waals surface area (Å²) in [4.78, 5) is 21.7. The molecule has 2 heterocycles. The molecule has 1 aliphatic heterocycles. The summed E-state index contributed by atoms with van der Waals surface area (Å²) in [6.45, 7) is 2.34. The zero-order chi connectivity index (χ0) is 21.9. The summed E-state index contributed by atoms with van der Waals surface area (Å²) in [6, 6.07) is 26.7. The predicted octanol–water partition coefficient (Wildman–Crippen LogP) is 3.60. The molecule has 1 aliphatic rings. The van der Waals surface area contributed by atoms with Crippen molar-refractivity contribution in [2.45, 2.75) is 0 Å². The van der Waals surface area contributed by atoms with Crippen LogP contribution in [0.3, 0.4) is 0 Å². The molecule has 1 aromatic heterocycles. The highest BCUT2D eigenvalue weighted by Gasteiger charge is 2.27. The van der Waals surface area contributed by atoms with E-state index in [4.69, 9.17) is 0 Å². The van der Waals surface area contributed by atoms with E-state index >= 15 is 0 Å². The van der Waals surface area contributed by atoms with E-state index < -0.39 is 0 Å². The molecule has 0 saturated carbocycles. The van der Waals surface area contributed by atoms with Crippen molar-refractivity contribution in [1.82, 2.24) is 19.7 Å². The highest BCUT2D eigenvalue weighted by atomic mass is 16.3. The second-order valence-corrected chi connectivity index (χ2v) is 7.64. The normalized spacial score (nSPS) is 13.9. The number of hydrogen-bond acceptors (Lipinski definition) is 5. The first-order chi connectivity index (χ1) is 15.7. The van der Waals surface area contributed by atoms with Crippen molar-refractivity contribution < 1.29 is 9.90 Å². The molecule has 0 unspecified atom stereocenters. The largest absolute Gasteiger partial charge is 0.506 e. The van der Waals surface area contributed by atoms with Gasteiger partial charge >= 0.3 is 0 Å². The number of carbonyl (C=O) groups excluding carboxylic acids is 1. The Labute approximate surface area is 186 Å². The summed E-state index contributed by atoms with van der Waals surface area (Å²) in [5.41, 5.74) is 2.53. The first kappa shape index (κ1) is 19.8. The van der Waals surface area contributed by atoms with Crippen LogP contribution >= 0.6 is 0 Å². The lowest BCUT2D eigenvalue weighted by atomic mass is 10.2. The van der Waals surface area contributed by atoms with Gasteiger partial charge in [-0.1, -0.05) is 60.7 Å². The molecule has 7 nitrogen and oxygen atoms in total. The Morgan fingerprint density at radius 1 is 0.781 bits per heavy atom. The number of anilines is 1. The van der Waals surface area contributed by atoms with Gasteiger partial charge in [-0.15, -0.1) is 5.10 Å². The molecule has 1 amide bonds. The summed E-state index contributed by atoms with van der Waals surface area (Å²) in [6.07, 6.45) is 0. The van der Waals surface area contributed by atoms with Gasteiger partial charge in [-0.05, 0) is 24.3 Å². The van der Waals surface area contributed by atoms with Gasteiger partial charge in [-0.25, -0.2) is 9.67 Å². The Kier molecular flexibility index (Phi) is 5.29. The first-order valence-corrected chi connectivity index (χ1v) is 10.6. The average molecular weight is 425 g/mol. The number of aromatic hydroxyl groups is 1. The van der Waals surface area contributed by atoms with Gasteiger partial charge in [0.15, 0.2) is 5.82 Å². The molecule has 1 saturated heterocycles. The summed E-state index contributed by atoms with van der Waals surface area (Å²) in [5.74, 6) is 0.883. The molecule has 1 fully saturated rings. The van der Waals surface area contributed by atoms with Crippen molar-refractivity contribution >= 4 is 11.6 Å². The molecule has 5 rings (SSSR count). The Balaban J connectivity index is 1.40. The number of amides is 1. The predicted molar refractivity (Wildman–Crippen MR) is 123 cm³/mol. The molecular formula is C25H23N5O2. The van der Waals surface area contributed by atoms with E-state index in [2.05, 4.69) is 15.0 Å². The lowest BCUT2D eigenvalue weighted by molar-refractivity contribution is 0.0734. The van der Waals surface area contributed by atoms with E-state index in [0.29, 0.717) is 32.0 Å². The van der Waals surface area contributed by atoms with E-state index in [1.54, 1.807) is 21.7 Å². The van der Waals surface area contributed by atoms with E-state index in [1.165, 1.54) is 0 Å². The summed E-state index contributed by atoms with van der Waals surface area (Å²) in [5, 5.41) is 14.7. The van der Waals surface area contributed by atoms with Crippen molar-refractivity contribution in [3.8, 4) is 22.8 Å². The second-order valence-electron chi connectivity index (χ2n) is 7.64. The number of aromatic nitrogens is 3. The number of phenols is 1. The fourth-order valence-electron chi connectivity index (χ4n) is 3.95. The molecule has 32 heavy (non-hydrogen) atoms. The molecule has 0 bridgehead atoms. The number of carbonyl (C=O) groups is 1. The third kappa shape index (κ3) is 3.80. The minimum Gasteiger partial charge on any atom is -0.506 e. The average Bonchev–Trinajstić information content (AvgIpc) is 3.31. The van der Waals surface area contributed by atoms with Crippen LogP contribution in [0.4, 0.5) is 5.69 Å². The molecule has 0 spiro atoms. The number of rotatable bonds is 4. The third-order valence-corrected chi connectivity index (χ3v) is 5.62. The van der Waals surface area contributed by atoms with Crippen molar-refractivity contribution in [1.29, 1.82) is 0 Å². The Bertz CT molecular complexity index is 1160. The molecule has 3 aromatic carbocycles. The summed E-state index contributed by atoms with van der Waals surface area (Å²) < 4.78 is 1.72. The fourth-order valence-corrected chi connectivity index (χ4v) is 3.95. The van der Waals surface area contributed by atoms with Crippen LogP contribution in [0.5, 0.6) is 5.75 Å². The number of hydrogen-bond donors (Lipinski definition) is 1. The molecular weight excluding hydrogens is 402 g/mol. The van der Waals surface area contributed by atoms with Gasteiger partial charge in [0.2, 0.25) is 5.82 Å². The van der Waals surface area contributed by atoms with Crippen molar-refractivity contribution in [3.05, 3.63) is 90.8 Å². The SMILES string of the molecule is O=C(c1nc(-c2ccccc2)n(-c2ccccc2)n1)N1CCN(c2ccccc2O)CC1. The van der Waals surface area contributed by atoms with Crippen LogP contribution in [-0.4, -0.2) is 56.9 Å². The van der Waals surface area contributed by atoms with Gasteiger partial charge in [0.1, 0.15) is 5.75 Å². The van der Waals surface area contributed by atoms with Gasteiger partial charge < -0.3 is 14.9 Å². The zero-order valence-corrected chi connectivity index (χ0v) is 17.5. The standard InChI is InChI=1S/C25H23N5O2/c31-22-14-8-7-13-21(22)28-15-17-29(18-16-28)25(32)23-26-24(19-9-3-1-4-10-19)30(27-23)20-11-5-2-6-12-20/h1-14,31H,15-18H2. The highest BCUT2D eigenvalue weighted by molar-refractivity contribution is 5.91. The maximum Gasteiger partial charge on any atom is 0.293 e. The van der Waals surface area contributed by atoms with E-state index in [1.807, 2.05) is 72.8 Å². The molecule has 4 aromatic rings. The smallest absolute Gasteiger partial charge is 0.293 e. The molecule has 0 atom stereocenters. The third-order valence-electron chi connectivity index (χ3n) is 5.62. The number of piperazine rings is 1. The monoisotopic (exact) mass is 425 g/mol. The molecule has 160 valence electrons. The van der Waals surface area contributed by atoms with Crippen LogP contribution in [0.1, 0.15) is 10.6 Å². The Morgan fingerprint density at radius 3 is 2.09 bits per heavy atom. The van der Waals surface area contributed by atoms with Crippen LogP contribution in [0.2, 0.25) is 0 Å². The maximum absolute atomic E-state index is 13.3. The van der Waals surface area contributed by atoms with Crippen molar-refractivity contribution in [3.63, 3.8) is 0 Å². The molecule has 1 N–H and O–H groups in total. The Hall–Kier alpha value is -4.13. The summed E-state index contributed by atoms with van der Waals surface area (Å²) >= 11 is 0. The zero-order valence-electron chi connectivity index (χ0n) is 17.5. The molecule has 0 aliphatic carbocycles. The molecule has 0 radical (unpaired) electrons. The van der Waals surface area contributed by atoms with Gasteiger partial charge in [0.05, 0.1) is 11.4 Å². The number of phenolic OH excluding ortho intramolecular Hbond substituents is 1. The lowest BCUT2D eigenvalue weighted by Crippen LogP contribution is -2.49. The minimum atomic E-state index is -0.186. The first-order valence-electron chi connectivity index (χ1n) is 10.6. The van der Waals surface area contributed by atoms with Gasteiger partial charge in [0, 0.05) is 31.7 Å².